The van der Waals surface area contributed by atoms with Crippen molar-refractivity contribution in [1.82, 2.24) is 0 Å². The molecular weight excluding hydrogens is 200 g/mol. The Labute approximate surface area is 99.7 Å². The van der Waals surface area contributed by atoms with E-state index in [0.717, 1.165) is 25.7 Å². The summed E-state index contributed by atoms with van der Waals surface area (Å²) in [6.07, 6.45) is 15.1. The summed E-state index contributed by atoms with van der Waals surface area (Å²) in [5, 5.41) is 10.1. The molecule has 0 rings (SSSR count). The molecule has 0 amide bonds. The fraction of sp³-hybridized carbons (Fsp3) is 0.786. The quantitative estimate of drug-likeness (QED) is 0.400. The summed E-state index contributed by atoms with van der Waals surface area (Å²) in [6.45, 7) is 2.22. The van der Waals surface area contributed by atoms with Gasteiger partial charge in [0, 0.05) is 5.97 Å². The number of carbonyl (C=O) groups is 1. The number of carboxylic acid groups (broad SMARTS) is 1. The van der Waals surface area contributed by atoms with Gasteiger partial charge in [-0.1, -0.05) is 44.8 Å². The minimum absolute atomic E-state index is 0.209. The van der Waals surface area contributed by atoms with E-state index in [4.69, 9.17) is 0 Å². The molecule has 0 aromatic carbocycles. The monoisotopic (exact) mass is 225 g/mol. The fourth-order valence-electron chi connectivity index (χ4n) is 1.63. The third-order valence-corrected chi connectivity index (χ3v) is 2.64. The summed E-state index contributed by atoms with van der Waals surface area (Å²) >= 11 is 0. The lowest BCUT2D eigenvalue weighted by Gasteiger charge is -2.00. The number of hydrogen-bond donors (Lipinski definition) is 0. The molecule has 94 valence electrons. The predicted molar refractivity (Wildman–Crippen MR) is 66.0 cm³/mol. The number of hydrogen-bond acceptors (Lipinski definition) is 2. The molecule has 2 nitrogen and oxygen atoms in total. The summed E-state index contributed by atoms with van der Waals surface area (Å²) in [5.41, 5.74) is 0. The molecule has 0 saturated heterocycles. The first-order chi connectivity index (χ1) is 7.77. The van der Waals surface area contributed by atoms with Gasteiger partial charge < -0.3 is 9.90 Å². The first kappa shape index (κ1) is 15.2. The Bertz CT molecular complexity index is 185. The van der Waals surface area contributed by atoms with Crippen molar-refractivity contribution in [3.8, 4) is 0 Å². The number of carbonyl (C=O) groups excluding carboxylic acids is 1. The van der Waals surface area contributed by atoms with Crippen molar-refractivity contribution >= 4 is 5.97 Å². The Balaban J connectivity index is 3.06. The van der Waals surface area contributed by atoms with Crippen LogP contribution in [0.3, 0.4) is 0 Å². The molecule has 0 aliphatic rings. The van der Waals surface area contributed by atoms with Gasteiger partial charge in [0.05, 0.1) is 0 Å². The van der Waals surface area contributed by atoms with Crippen molar-refractivity contribution in [2.75, 3.05) is 0 Å². The van der Waals surface area contributed by atoms with Crippen molar-refractivity contribution in [1.29, 1.82) is 0 Å². The van der Waals surface area contributed by atoms with E-state index in [0.29, 0.717) is 0 Å². The second kappa shape index (κ2) is 12.3. The van der Waals surface area contributed by atoms with E-state index in [9.17, 15) is 9.90 Å². The Morgan fingerprint density at radius 1 is 0.938 bits per heavy atom. The summed E-state index contributed by atoms with van der Waals surface area (Å²) in [5.74, 6) is -0.925. The van der Waals surface area contributed by atoms with Crippen LogP contribution in [0.2, 0.25) is 0 Å². The number of aliphatic carboxylic acids is 1. The number of rotatable bonds is 11. The van der Waals surface area contributed by atoms with E-state index in [1.54, 1.807) is 0 Å². The number of allylic oxidation sites excluding steroid dienone is 2. The third-order valence-electron chi connectivity index (χ3n) is 2.64. The average molecular weight is 225 g/mol. The third kappa shape index (κ3) is 13.2. The van der Waals surface area contributed by atoms with Gasteiger partial charge in [0.15, 0.2) is 0 Å². The molecule has 0 aliphatic carbocycles. The van der Waals surface area contributed by atoms with Crippen LogP contribution >= 0.6 is 0 Å². The molecule has 0 heterocycles. The van der Waals surface area contributed by atoms with Crippen LogP contribution in [0.15, 0.2) is 12.2 Å². The summed E-state index contributed by atoms with van der Waals surface area (Å²) < 4.78 is 0. The number of unbranched alkanes of at least 4 members (excludes halogenated alkanes) is 7. The lowest BCUT2D eigenvalue weighted by atomic mass is 10.1. The van der Waals surface area contributed by atoms with E-state index in [-0.39, 0.29) is 6.42 Å². The van der Waals surface area contributed by atoms with E-state index >= 15 is 0 Å². The van der Waals surface area contributed by atoms with Crippen molar-refractivity contribution in [3.05, 3.63) is 12.2 Å². The normalized spacial score (nSPS) is 11.1. The van der Waals surface area contributed by atoms with E-state index in [1.807, 2.05) is 0 Å². The standard InChI is InChI=1S/C14H26O2/c1-2-3-4-5-6-7-8-9-10-11-12-13-14(15)16/h7-8H,2-6,9-13H2,1H3,(H,15,16)/p-1/b8-7+. The highest BCUT2D eigenvalue weighted by Crippen LogP contribution is 2.06. The smallest absolute Gasteiger partial charge is 0.0414 e. The summed E-state index contributed by atoms with van der Waals surface area (Å²) in [4.78, 5) is 10.1. The molecule has 0 bridgehead atoms. The maximum absolute atomic E-state index is 10.1. The topological polar surface area (TPSA) is 40.1 Å². The molecule has 16 heavy (non-hydrogen) atoms. The van der Waals surface area contributed by atoms with Crippen LogP contribution in [0.25, 0.3) is 0 Å². The van der Waals surface area contributed by atoms with Crippen LogP contribution in [0.5, 0.6) is 0 Å². The zero-order chi connectivity index (χ0) is 12.1. The Morgan fingerprint density at radius 2 is 1.50 bits per heavy atom. The SMILES string of the molecule is CCCCCC/C=C/CCCCCC(=O)[O-]. The minimum Gasteiger partial charge on any atom is -0.550 e. The predicted octanol–water partition coefficient (Wildman–Crippen LogP) is 3.21. The lowest BCUT2D eigenvalue weighted by Crippen LogP contribution is -2.21. The molecular formula is C14H25O2-. The van der Waals surface area contributed by atoms with Crippen molar-refractivity contribution in [2.45, 2.75) is 71.1 Å². The van der Waals surface area contributed by atoms with Crippen LogP contribution in [0.1, 0.15) is 71.1 Å². The zero-order valence-corrected chi connectivity index (χ0v) is 10.5. The summed E-state index contributed by atoms with van der Waals surface area (Å²) in [7, 11) is 0. The summed E-state index contributed by atoms with van der Waals surface area (Å²) in [6, 6.07) is 0. The van der Waals surface area contributed by atoms with Crippen molar-refractivity contribution < 1.29 is 9.90 Å². The first-order valence-corrected chi connectivity index (χ1v) is 6.62. The van der Waals surface area contributed by atoms with Gasteiger partial charge in [-0.25, -0.2) is 0 Å². The van der Waals surface area contributed by atoms with E-state index < -0.39 is 5.97 Å². The van der Waals surface area contributed by atoms with E-state index in [2.05, 4.69) is 19.1 Å². The van der Waals surface area contributed by atoms with Gasteiger partial charge in [-0.2, -0.15) is 0 Å². The molecule has 0 fully saturated rings. The highest BCUT2D eigenvalue weighted by molar-refractivity contribution is 5.63. The van der Waals surface area contributed by atoms with Gasteiger partial charge in [-0.15, -0.1) is 0 Å². The Morgan fingerprint density at radius 3 is 2.00 bits per heavy atom. The van der Waals surface area contributed by atoms with Crippen LogP contribution in [0, 0.1) is 0 Å². The molecule has 0 aliphatic heterocycles. The maximum atomic E-state index is 10.1. The maximum Gasteiger partial charge on any atom is 0.0414 e. The van der Waals surface area contributed by atoms with Crippen LogP contribution in [-0.4, -0.2) is 5.97 Å². The first-order valence-electron chi connectivity index (χ1n) is 6.62. The van der Waals surface area contributed by atoms with Gasteiger partial charge >= 0.3 is 0 Å². The molecule has 0 atom stereocenters. The highest BCUT2D eigenvalue weighted by Gasteiger charge is 1.89. The van der Waals surface area contributed by atoms with Gasteiger partial charge in [-0.3, -0.25) is 0 Å². The van der Waals surface area contributed by atoms with Crippen LogP contribution < -0.4 is 5.11 Å². The highest BCUT2D eigenvalue weighted by atomic mass is 16.4. The zero-order valence-electron chi connectivity index (χ0n) is 10.5. The van der Waals surface area contributed by atoms with Crippen LogP contribution in [0.4, 0.5) is 0 Å². The van der Waals surface area contributed by atoms with Crippen LogP contribution in [-0.2, 0) is 4.79 Å². The lowest BCUT2D eigenvalue weighted by molar-refractivity contribution is -0.305. The van der Waals surface area contributed by atoms with E-state index in [1.165, 1.54) is 32.1 Å². The molecule has 0 aromatic rings. The molecule has 0 spiro atoms. The molecule has 0 aromatic heterocycles. The molecule has 0 radical (unpaired) electrons. The molecule has 0 N–H and O–H groups in total. The number of carboxylic acids is 1. The fourth-order valence-corrected chi connectivity index (χ4v) is 1.63. The largest absolute Gasteiger partial charge is 0.550 e. The Kier molecular flexibility index (Phi) is 11.7. The van der Waals surface area contributed by atoms with Crippen molar-refractivity contribution in [2.24, 2.45) is 0 Å². The second-order valence-electron chi connectivity index (χ2n) is 4.29. The minimum atomic E-state index is -0.925. The molecule has 0 saturated carbocycles. The second-order valence-corrected chi connectivity index (χ2v) is 4.29. The van der Waals surface area contributed by atoms with Gasteiger partial charge in [-0.05, 0) is 38.5 Å². The van der Waals surface area contributed by atoms with Crippen molar-refractivity contribution in [3.63, 3.8) is 0 Å². The van der Waals surface area contributed by atoms with Gasteiger partial charge in [0.25, 0.3) is 0 Å². The Hall–Kier alpha value is -0.790. The van der Waals surface area contributed by atoms with Gasteiger partial charge in [0.1, 0.15) is 0 Å². The molecule has 2 heteroatoms. The average Bonchev–Trinajstić information content (AvgIpc) is 2.25. The molecule has 0 unspecified atom stereocenters. The van der Waals surface area contributed by atoms with Gasteiger partial charge in [0.2, 0.25) is 0 Å².